The number of cyclic esters (lactones) is 1. The molecule has 9 heteroatoms. The Morgan fingerprint density at radius 3 is 2.42 bits per heavy atom. The van der Waals surface area contributed by atoms with Crippen molar-refractivity contribution in [2.24, 2.45) is 5.41 Å². The fourth-order valence-electron chi connectivity index (χ4n) is 2.15. The molecular formula is C10H11F3O5S. The van der Waals surface area contributed by atoms with E-state index in [2.05, 4.69) is 4.18 Å². The molecule has 2 rings (SSSR count). The van der Waals surface area contributed by atoms with E-state index in [0.717, 1.165) is 0 Å². The molecule has 0 aromatic heterocycles. The van der Waals surface area contributed by atoms with Crippen molar-refractivity contribution in [2.45, 2.75) is 31.2 Å². The quantitative estimate of drug-likeness (QED) is 0.442. The second-order valence-electron chi connectivity index (χ2n) is 4.52. The molecule has 0 aromatic rings. The molecule has 1 aliphatic carbocycles. The lowest BCUT2D eigenvalue weighted by Crippen LogP contribution is -2.30. The first-order chi connectivity index (χ1) is 8.66. The predicted octanol–water partition coefficient (Wildman–Crippen LogP) is 1.85. The second kappa shape index (κ2) is 4.39. The van der Waals surface area contributed by atoms with Crippen molar-refractivity contribution in [2.75, 3.05) is 6.61 Å². The van der Waals surface area contributed by atoms with E-state index in [-0.39, 0.29) is 37.6 Å². The molecule has 0 unspecified atom stereocenters. The van der Waals surface area contributed by atoms with E-state index in [0.29, 0.717) is 6.42 Å². The van der Waals surface area contributed by atoms with Crippen LogP contribution in [0.5, 0.6) is 0 Å². The van der Waals surface area contributed by atoms with Crippen LogP contribution >= 0.6 is 0 Å². The molecule has 1 heterocycles. The number of carbonyl (C=O) groups is 1. The van der Waals surface area contributed by atoms with Crippen LogP contribution in [0.2, 0.25) is 0 Å². The number of carbonyl (C=O) groups excluding carboxylic acids is 1. The van der Waals surface area contributed by atoms with Crippen LogP contribution in [0.25, 0.3) is 0 Å². The van der Waals surface area contributed by atoms with Gasteiger partial charge in [-0.3, -0.25) is 4.79 Å². The van der Waals surface area contributed by atoms with E-state index in [1.165, 1.54) is 6.08 Å². The van der Waals surface area contributed by atoms with Gasteiger partial charge in [-0.2, -0.15) is 21.6 Å². The topological polar surface area (TPSA) is 69.7 Å². The van der Waals surface area contributed by atoms with Gasteiger partial charge in [0, 0.05) is 6.42 Å². The standard InChI is InChI=1S/C10H11F3O5S/c11-10(12,13)19(15,16)18-7-1-3-9(4-2-7)5-6-17-8(9)14/h1H,2-6H2/t9-/m0/s1. The number of ether oxygens (including phenoxy) is 1. The third-order valence-electron chi connectivity index (χ3n) is 3.32. The van der Waals surface area contributed by atoms with Gasteiger partial charge in [-0.1, -0.05) is 0 Å². The highest BCUT2D eigenvalue weighted by Crippen LogP contribution is 2.43. The maximum Gasteiger partial charge on any atom is 0.534 e. The van der Waals surface area contributed by atoms with Crippen LogP contribution in [0.4, 0.5) is 13.2 Å². The molecule has 5 nitrogen and oxygen atoms in total. The summed E-state index contributed by atoms with van der Waals surface area (Å²) in [5, 5.41) is 0. The smallest absolute Gasteiger partial charge is 0.465 e. The molecule has 0 radical (unpaired) electrons. The van der Waals surface area contributed by atoms with Crippen molar-refractivity contribution in [1.29, 1.82) is 0 Å². The first kappa shape index (κ1) is 14.2. The molecule has 1 fully saturated rings. The van der Waals surface area contributed by atoms with Crippen LogP contribution < -0.4 is 0 Å². The summed E-state index contributed by atoms with van der Waals surface area (Å²) in [6.07, 6.45) is 2.03. The Morgan fingerprint density at radius 2 is 2.00 bits per heavy atom. The van der Waals surface area contributed by atoms with Crippen molar-refractivity contribution in [3.05, 3.63) is 11.8 Å². The van der Waals surface area contributed by atoms with E-state index in [9.17, 15) is 26.4 Å². The van der Waals surface area contributed by atoms with Crippen LogP contribution in [0.1, 0.15) is 25.7 Å². The zero-order valence-corrected chi connectivity index (χ0v) is 10.5. The van der Waals surface area contributed by atoms with Gasteiger partial charge >= 0.3 is 21.6 Å². The third kappa shape index (κ3) is 2.56. The van der Waals surface area contributed by atoms with Crippen LogP contribution in [0.15, 0.2) is 11.8 Å². The van der Waals surface area contributed by atoms with E-state index in [1.54, 1.807) is 0 Å². The summed E-state index contributed by atoms with van der Waals surface area (Å²) in [6.45, 7) is 0.281. The summed E-state index contributed by atoms with van der Waals surface area (Å²) in [5.74, 6) is -0.663. The Kier molecular flexibility index (Phi) is 3.28. The van der Waals surface area contributed by atoms with Gasteiger partial charge in [0.15, 0.2) is 0 Å². The number of rotatable bonds is 2. The van der Waals surface area contributed by atoms with Gasteiger partial charge in [-0.05, 0) is 25.3 Å². The molecule has 2 aliphatic rings. The number of alkyl halides is 3. The Morgan fingerprint density at radius 1 is 1.32 bits per heavy atom. The lowest BCUT2D eigenvalue weighted by atomic mass is 9.75. The molecule has 0 bridgehead atoms. The number of hydrogen-bond acceptors (Lipinski definition) is 5. The average Bonchev–Trinajstić information content (AvgIpc) is 2.62. The van der Waals surface area contributed by atoms with Gasteiger partial charge in [0.2, 0.25) is 0 Å². The van der Waals surface area contributed by atoms with Gasteiger partial charge in [0.25, 0.3) is 0 Å². The minimum absolute atomic E-state index is 0.0373. The largest absolute Gasteiger partial charge is 0.534 e. The summed E-state index contributed by atoms with van der Waals surface area (Å²) in [7, 11) is -5.63. The maximum absolute atomic E-state index is 12.1. The first-order valence-electron chi connectivity index (χ1n) is 5.53. The number of halogens is 3. The number of allylic oxidation sites excluding steroid dienone is 2. The Hall–Kier alpha value is -1.25. The number of hydrogen-bond donors (Lipinski definition) is 0. The Bertz CT molecular complexity index is 522. The summed E-state index contributed by atoms with van der Waals surface area (Å²) in [5.41, 5.74) is -6.18. The molecule has 1 aliphatic heterocycles. The van der Waals surface area contributed by atoms with Gasteiger partial charge in [-0.25, -0.2) is 0 Å². The van der Waals surface area contributed by atoms with Crippen molar-refractivity contribution in [3.63, 3.8) is 0 Å². The fourth-order valence-corrected chi connectivity index (χ4v) is 2.67. The van der Waals surface area contributed by atoms with Gasteiger partial charge in [-0.15, -0.1) is 0 Å². The van der Waals surface area contributed by atoms with E-state index < -0.39 is 21.0 Å². The minimum atomic E-state index is -5.63. The molecular weight excluding hydrogens is 289 g/mol. The summed E-state index contributed by atoms with van der Waals surface area (Å²) >= 11 is 0. The normalized spacial score (nSPS) is 28.2. The Labute approximate surface area is 107 Å². The summed E-state index contributed by atoms with van der Waals surface area (Å²) < 4.78 is 66.9. The predicted molar refractivity (Wildman–Crippen MR) is 56.0 cm³/mol. The molecule has 1 spiro atoms. The van der Waals surface area contributed by atoms with Crippen LogP contribution in [-0.4, -0.2) is 26.5 Å². The van der Waals surface area contributed by atoms with Gasteiger partial charge in [0.05, 0.1) is 12.0 Å². The van der Waals surface area contributed by atoms with E-state index in [1.807, 2.05) is 0 Å². The molecule has 1 saturated heterocycles. The third-order valence-corrected chi connectivity index (χ3v) is 4.32. The highest BCUT2D eigenvalue weighted by Gasteiger charge is 2.50. The molecule has 0 N–H and O–H groups in total. The van der Waals surface area contributed by atoms with Crippen molar-refractivity contribution < 1.29 is 35.3 Å². The van der Waals surface area contributed by atoms with Crippen molar-refractivity contribution >= 4 is 16.1 Å². The zero-order valence-electron chi connectivity index (χ0n) is 9.70. The molecule has 19 heavy (non-hydrogen) atoms. The maximum atomic E-state index is 12.1. The first-order valence-corrected chi connectivity index (χ1v) is 6.94. The molecule has 1 atom stereocenters. The van der Waals surface area contributed by atoms with Crippen LogP contribution in [-0.2, 0) is 23.8 Å². The fraction of sp³-hybridized carbons (Fsp3) is 0.700. The SMILES string of the molecule is O=C1OCC[C@@]12CC=C(OS(=O)(=O)C(F)(F)F)CC2. The van der Waals surface area contributed by atoms with Gasteiger partial charge < -0.3 is 8.92 Å². The lowest BCUT2D eigenvalue weighted by molar-refractivity contribution is -0.146. The highest BCUT2D eigenvalue weighted by molar-refractivity contribution is 7.87. The lowest BCUT2D eigenvalue weighted by Gasteiger charge is -2.27. The van der Waals surface area contributed by atoms with E-state index >= 15 is 0 Å². The molecule has 108 valence electrons. The van der Waals surface area contributed by atoms with Crippen molar-refractivity contribution in [3.8, 4) is 0 Å². The monoisotopic (exact) mass is 300 g/mol. The summed E-state index contributed by atoms with van der Waals surface area (Å²) in [4.78, 5) is 11.5. The van der Waals surface area contributed by atoms with Crippen LogP contribution in [0.3, 0.4) is 0 Å². The molecule has 0 saturated carbocycles. The highest BCUT2D eigenvalue weighted by atomic mass is 32.2. The minimum Gasteiger partial charge on any atom is -0.465 e. The number of esters is 1. The Balaban J connectivity index is 2.09. The molecule has 0 aromatic carbocycles. The summed E-state index contributed by atoms with van der Waals surface area (Å²) in [6, 6.07) is 0. The zero-order chi connectivity index (χ0) is 14.3. The van der Waals surface area contributed by atoms with Gasteiger partial charge in [0.1, 0.15) is 5.76 Å². The van der Waals surface area contributed by atoms with Crippen LogP contribution in [0, 0.1) is 5.41 Å². The molecule has 0 amide bonds. The average molecular weight is 300 g/mol. The van der Waals surface area contributed by atoms with Crippen molar-refractivity contribution in [1.82, 2.24) is 0 Å². The van der Waals surface area contributed by atoms with E-state index in [4.69, 9.17) is 4.74 Å². The second-order valence-corrected chi connectivity index (χ2v) is 6.06.